The van der Waals surface area contributed by atoms with E-state index >= 15 is 0 Å². The second-order valence-electron chi connectivity index (χ2n) is 9.78. The minimum absolute atomic E-state index is 0.0244. The molecule has 0 spiro atoms. The summed E-state index contributed by atoms with van der Waals surface area (Å²) >= 11 is 0. The number of cyclic esters (lactones) is 1. The summed E-state index contributed by atoms with van der Waals surface area (Å²) in [5.41, 5.74) is -2.38. The molecule has 1 aliphatic rings. The molecule has 1 unspecified atom stereocenters. The van der Waals surface area contributed by atoms with E-state index in [4.69, 9.17) is 23.7 Å². The van der Waals surface area contributed by atoms with Crippen LogP contribution in [0.3, 0.4) is 0 Å². The molecule has 0 saturated heterocycles. The Morgan fingerprint density at radius 1 is 0.841 bits per heavy atom. The van der Waals surface area contributed by atoms with E-state index in [9.17, 15) is 44.7 Å². The molecular weight excluding hydrogens is 584 g/mol. The lowest BCUT2D eigenvalue weighted by Gasteiger charge is -2.22. The number of ether oxygens (including phenoxy) is 5. The van der Waals surface area contributed by atoms with Crippen LogP contribution in [0.1, 0.15) is 81.1 Å². The van der Waals surface area contributed by atoms with Crippen LogP contribution in [0.25, 0.3) is 0 Å². The van der Waals surface area contributed by atoms with Crippen molar-refractivity contribution >= 4 is 24.2 Å². The first-order chi connectivity index (χ1) is 20.7. The van der Waals surface area contributed by atoms with E-state index in [1.165, 1.54) is 20.8 Å². The molecule has 3 aromatic rings. The van der Waals surface area contributed by atoms with Gasteiger partial charge in [0.25, 0.3) is 0 Å². The zero-order valence-electron chi connectivity index (χ0n) is 24.3. The molecule has 1 heterocycles. The van der Waals surface area contributed by atoms with Crippen LogP contribution >= 0.6 is 0 Å². The maximum absolute atomic E-state index is 12.9. The van der Waals surface area contributed by atoms with E-state index in [0.717, 1.165) is 27.4 Å². The normalized spacial score (nSPS) is 13.7. The summed E-state index contributed by atoms with van der Waals surface area (Å²) in [4.78, 5) is 50.2. The number of methoxy groups -OCH3 is 3. The summed E-state index contributed by atoms with van der Waals surface area (Å²) < 4.78 is 25.9. The van der Waals surface area contributed by atoms with Crippen molar-refractivity contribution in [1.29, 1.82) is 0 Å². The lowest BCUT2D eigenvalue weighted by Crippen LogP contribution is -2.11. The molecule has 14 heteroatoms. The molecule has 5 N–H and O–H groups in total. The van der Waals surface area contributed by atoms with Crippen molar-refractivity contribution in [2.75, 3.05) is 21.3 Å². The van der Waals surface area contributed by atoms with Gasteiger partial charge in [-0.05, 0) is 38.0 Å². The maximum atomic E-state index is 12.9. The molecule has 0 fully saturated rings. The first-order valence-electron chi connectivity index (χ1n) is 12.8. The van der Waals surface area contributed by atoms with Gasteiger partial charge in [-0.2, -0.15) is 0 Å². The molecule has 44 heavy (non-hydrogen) atoms. The number of hydrogen-bond donors (Lipinski definition) is 5. The number of phenols is 5. The number of hydrogen-bond acceptors (Lipinski definition) is 14. The molecule has 0 saturated carbocycles. The maximum Gasteiger partial charge on any atom is 0.345 e. The molecule has 1 aliphatic heterocycles. The largest absolute Gasteiger partial charge is 0.507 e. The number of phenolic OH excluding ortho intramolecular Hbond substituents is 5. The molecule has 14 nitrogen and oxygen atoms in total. The van der Waals surface area contributed by atoms with E-state index in [1.807, 2.05) is 0 Å². The lowest BCUT2D eigenvalue weighted by atomic mass is 9.89. The van der Waals surface area contributed by atoms with Crippen LogP contribution in [0, 0.1) is 20.8 Å². The molecule has 0 aromatic heterocycles. The van der Waals surface area contributed by atoms with E-state index in [-0.39, 0.29) is 45.2 Å². The topological polar surface area (TPSA) is 216 Å². The monoisotopic (exact) mass is 612 g/mol. The van der Waals surface area contributed by atoms with Crippen LogP contribution in [0.5, 0.6) is 40.2 Å². The number of benzene rings is 3. The van der Waals surface area contributed by atoms with E-state index in [0.29, 0.717) is 0 Å². The molecule has 0 amide bonds. The van der Waals surface area contributed by atoms with Gasteiger partial charge in [0.1, 0.15) is 39.7 Å². The average molecular weight is 613 g/mol. The molecule has 0 aliphatic carbocycles. The molecule has 0 radical (unpaired) electrons. The quantitative estimate of drug-likeness (QED) is 0.139. The Morgan fingerprint density at radius 2 is 1.45 bits per heavy atom. The number of rotatable bonds is 8. The first kappa shape index (κ1) is 31.4. The average Bonchev–Trinajstić information content (AvgIpc) is 3.33. The first-order valence-corrected chi connectivity index (χ1v) is 12.8. The van der Waals surface area contributed by atoms with Gasteiger partial charge in [-0.1, -0.05) is 0 Å². The molecule has 4 rings (SSSR count). The van der Waals surface area contributed by atoms with Gasteiger partial charge in [0.2, 0.25) is 6.29 Å². The van der Waals surface area contributed by atoms with Gasteiger partial charge in [-0.3, -0.25) is 4.79 Å². The summed E-state index contributed by atoms with van der Waals surface area (Å²) in [6.45, 7) is 4.11. The van der Waals surface area contributed by atoms with E-state index in [2.05, 4.69) is 0 Å². The Bertz CT molecular complexity index is 1750. The third-order valence-corrected chi connectivity index (χ3v) is 7.42. The Balaban J connectivity index is 2.07. The van der Waals surface area contributed by atoms with Crippen molar-refractivity contribution in [2.45, 2.75) is 33.5 Å². The SMILES string of the molecule is COC(=O)c1c(C)c(Cc2c(O)c(Oc3c(C=O)c(O)cc(C)c3C(=O)OC)c3c(c2O)C(=O)OC3OC)c(O)c(C)c1O. The van der Waals surface area contributed by atoms with Gasteiger partial charge in [0, 0.05) is 30.2 Å². The number of carbonyl (C=O) groups excluding carboxylic acids is 4. The molecule has 1 atom stereocenters. The number of fused-ring (bicyclic) bond motifs is 1. The van der Waals surface area contributed by atoms with Crippen LogP contribution in [0.15, 0.2) is 6.07 Å². The fraction of sp³-hybridized carbons (Fsp3) is 0.267. The standard InChI is InChI=1S/C30H28O14/c1-10-7-16(32)15(9-31)25(17(10)27(37)40-4)43-26-20-19(29(39)44-30(20)42-6)23(35)14(24(26)36)8-13-11(2)18(28(38)41-5)22(34)12(3)21(13)33/h7,9,30,32-36H,8H2,1-6H3. The van der Waals surface area contributed by atoms with Crippen LogP contribution in [0.2, 0.25) is 0 Å². The summed E-state index contributed by atoms with van der Waals surface area (Å²) in [6.07, 6.45) is -1.90. The summed E-state index contributed by atoms with van der Waals surface area (Å²) in [5.74, 6) is -7.43. The van der Waals surface area contributed by atoms with E-state index in [1.54, 1.807) is 0 Å². The predicted molar refractivity (Wildman–Crippen MR) is 148 cm³/mol. The van der Waals surface area contributed by atoms with Crippen LogP contribution in [0.4, 0.5) is 0 Å². The number of carbonyl (C=O) groups is 4. The fourth-order valence-electron chi connectivity index (χ4n) is 5.09. The molecule has 3 aromatic carbocycles. The van der Waals surface area contributed by atoms with Crippen molar-refractivity contribution < 1.29 is 68.4 Å². The van der Waals surface area contributed by atoms with Gasteiger partial charge in [0.15, 0.2) is 23.5 Å². The highest BCUT2D eigenvalue weighted by Gasteiger charge is 2.42. The number of esters is 3. The zero-order chi connectivity index (χ0) is 32.8. The molecule has 232 valence electrons. The second-order valence-corrected chi connectivity index (χ2v) is 9.78. The van der Waals surface area contributed by atoms with Crippen LogP contribution in [-0.4, -0.2) is 71.1 Å². The van der Waals surface area contributed by atoms with Gasteiger partial charge >= 0.3 is 17.9 Å². The summed E-state index contributed by atoms with van der Waals surface area (Å²) in [5, 5.41) is 54.8. The van der Waals surface area contributed by atoms with E-state index < -0.39 is 87.6 Å². The van der Waals surface area contributed by atoms with Gasteiger partial charge in [-0.15, -0.1) is 0 Å². The smallest absolute Gasteiger partial charge is 0.345 e. The Kier molecular flexibility index (Phi) is 8.32. The molecular formula is C30H28O14. The van der Waals surface area contributed by atoms with Crippen molar-refractivity contribution in [3.8, 4) is 40.2 Å². The number of aromatic hydroxyl groups is 5. The number of aldehydes is 1. The zero-order valence-corrected chi connectivity index (χ0v) is 24.3. The summed E-state index contributed by atoms with van der Waals surface area (Å²) in [7, 11) is 3.31. The fourth-order valence-corrected chi connectivity index (χ4v) is 5.09. The minimum atomic E-state index is -1.53. The second kappa shape index (κ2) is 11.6. The van der Waals surface area contributed by atoms with Crippen molar-refractivity contribution in [3.63, 3.8) is 0 Å². The Morgan fingerprint density at radius 3 is 2.02 bits per heavy atom. The van der Waals surface area contributed by atoms with Crippen molar-refractivity contribution in [3.05, 3.63) is 61.7 Å². The highest BCUT2D eigenvalue weighted by atomic mass is 16.7. The van der Waals surface area contributed by atoms with Crippen molar-refractivity contribution in [1.82, 2.24) is 0 Å². The van der Waals surface area contributed by atoms with Gasteiger partial charge in [0.05, 0.1) is 25.3 Å². The molecule has 0 bridgehead atoms. The Labute approximate surface area is 249 Å². The van der Waals surface area contributed by atoms with Gasteiger partial charge in [-0.25, -0.2) is 14.4 Å². The Hall–Kier alpha value is -5.50. The third-order valence-electron chi connectivity index (χ3n) is 7.42. The van der Waals surface area contributed by atoms with Crippen molar-refractivity contribution in [2.24, 2.45) is 0 Å². The predicted octanol–water partition coefficient (Wildman–Crippen LogP) is 3.72. The minimum Gasteiger partial charge on any atom is -0.507 e. The number of aryl methyl sites for hydroxylation is 1. The third kappa shape index (κ3) is 4.74. The van der Waals surface area contributed by atoms with Crippen LogP contribution < -0.4 is 4.74 Å². The summed E-state index contributed by atoms with van der Waals surface area (Å²) in [6, 6.07) is 1.12. The van der Waals surface area contributed by atoms with Gasteiger partial charge < -0.3 is 49.2 Å². The lowest BCUT2D eigenvalue weighted by molar-refractivity contribution is -0.0823. The highest BCUT2D eigenvalue weighted by molar-refractivity contribution is 6.01. The highest BCUT2D eigenvalue weighted by Crippen LogP contribution is 2.54. The van der Waals surface area contributed by atoms with Crippen LogP contribution in [-0.2, 0) is 25.4 Å².